The largest absolute Gasteiger partial charge is 0.429 e. The smallest absolute Gasteiger partial charge is 0.387 e. The summed E-state index contributed by atoms with van der Waals surface area (Å²) in [6.45, 7) is -1.29. The molecule has 0 heterocycles. The third-order valence-corrected chi connectivity index (χ3v) is 9.07. The van der Waals surface area contributed by atoms with Crippen LogP contribution in [-0.4, -0.2) is 12.5 Å². The lowest BCUT2D eigenvalue weighted by atomic mass is 9.74. The van der Waals surface area contributed by atoms with Gasteiger partial charge >= 0.3 is 6.61 Å². The molecular weight excluding hydrogens is 552 g/mol. The summed E-state index contributed by atoms with van der Waals surface area (Å²) >= 11 is 0. The molecule has 2 aromatic carbocycles. The molecule has 4 rings (SSSR count). The van der Waals surface area contributed by atoms with Gasteiger partial charge in [0.05, 0.1) is 0 Å². The molecule has 2 saturated carbocycles. The Bertz CT molecular complexity index is 1100. The van der Waals surface area contributed by atoms with E-state index in [0.717, 1.165) is 25.7 Å². The van der Waals surface area contributed by atoms with E-state index < -0.39 is 65.4 Å². The van der Waals surface area contributed by atoms with Gasteiger partial charge < -0.3 is 4.74 Å². The van der Waals surface area contributed by atoms with Crippen LogP contribution >= 0.6 is 0 Å². The van der Waals surface area contributed by atoms with Gasteiger partial charge in [-0.2, -0.15) is 8.78 Å². The number of rotatable bonds is 11. The van der Waals surface area contributed by atoms with Gasteiger partial charge in [0.25, 0.3) is 5.92 Å². The highest BCUT2D eigenvalue weighted by Gasteiger charge is 2.42. The number of alkyl halides is 4. The van der Waals surface area contributed by atoms with Gasteiger partial charge in [-0.15, -0.1) is 0 Å². The summed E-state index contributed by atoms with van der Waals surface area (Å²) in [5, 5.41) is 0. The van der Waals surface area contributed by atoms with Crippen LogP contribution in [0.1, 0.15) is 112 Å². The van der Waals surface area contributed by atoms with Crippen molar-refractivity contribution < 1.29 is 39.9 Å². The van der Waals surface area contributed by atoms with E-state index in [1.54, 1.807) is 0 Å². The first kappa shape index (κ1) is 31.6. The summed E-state index contributed by atoms with van der Waals surface area (Å²) in [6.07, 6.45) is 8.06. The summed E-state index contributed by atoms with van der Waals surface area (Å²) in [5.41, 5.74) is 0.222. The predicted molar refractivity (Wildman–Crippen MR) is 142 cm³/mol. The first-order valence-corrected chi connectivity index (χ1v) is 14.8. The van der Waals surface area contributed by atoms with Crippen LogP contribution < -0.4 is 4.74 Å². The molecular formula is C32H38F8O. The molecule has 1 nitrogen and oxygen atoms in total. The Labute approximate surface area is 236 Å². The van der Waals surface area contributed by atoms with Gasteiger partial charge in [0.1, 0.15) is 11.6 Å². The number of unbranched alkanes of at least 4 members (excludes halogenated alkanes) is 2. The maximum atomic E-state index is 15.2. The van der Waals surface area contributed by atoms with Crippen LogP contribution in [0, 0.1) is 35.1 Å². The number of hydrogen-bond donors (Lipinski definition) is 0. The molecule has 0 bridgehead atoms. The average Bonchev–Trinajstić information content (AvgIpc) is 2.91. The monoisotopic (exact) mass is 590 g/mol. The van der Waals surface area contributed by atoms with Gasteiger partial charge in [0.2, 0.25) is 0 Å². The van der Waals surface area contributed by atoms with Crippen molar-refractivity contribution in [3.8, 4) is 5.75 Å². The molecule has 0 unspecified atom stereocenters. The number of benzene rings is 2. The molecule has 2 aliphatic rings. The molecule has 0 aromatic heterocycles. The summed E-state index contributed by atoms with van der Waals surface area (Å²) in [7, 11) is 0. The molecule has 41 heavy (non-hydrogen) atoms. The fourth-order valence-electron chi connectivity index (χ4n) is 6.83. The van der Waals surface area contributed by atoms with Crippen LogP contribution in [0.4, 0.5) is 35.1 Å². The van der Waals surface area contributed by atoms with Gasteiger partial charge in [0.15, 0.2) is 17.4 Å². The first-order chi connectivity index (χ1) is 19.5. The van der Waals surface area contributed by atoms with Crippen molar-refractivity contribution in [2.45, 2.75) is 115 Å². The Morgan fingerprint density at radius 2 is 1.32 bits per heavy atom. The van der Waals surface area contributed by atoms with Crippen LogP contribution in [0.15, 0.2) is 24.3 Å². The zero-order chi connectivity index (χ0) is 29.7. The maximum absolute atomic E-state index is 15.2. The van der Waals surface area contributed by atoms with E-state index in [1.807, 2.05) is 0 Å². The van der Waals surface area contributed by atoms with E-state index >= 15 is 17.6 Å². The summed E-state index contributed by atoms with van der Waals surface area (Å²) in [6, 6.07) is 3.97. The second kappa shape index (κ2) is 13.8. The molecule has 9 heteroatoms. The lowest BCUT2D eigenvalue weighted by molar-refractivity contribution is -0.0719. The summed E-state index contributed by atoms with van der Waals surface area (Å²) < 4.78 is 117. The van der Waals surface area contributed by atoms with E-state index in [1.165, 1.54) is 37.8 Å². The lowest BCUT2D eigenvalue weighted by Crippen LogP contribution is -2.34. The molecule has 2 aliphatic carbocycles. The van der Waals surface area contributed by atoms with Crippen LogP contribution in [0.5, 0.6) is 5.75 Å². The Kier molecular flexibility index (Phi) is 10.6. The van der Waals surface area contributed by atoms with Crippen LogP contribution in [0.25, 0.3) is 0 Å². The highest BCUT2D eigenvalue weighted by atomic mass is 19.3. The lowest BCUT2D eigenvalue weighted by Gasteiger charge is -2.34. The fourth-order valence-corrected chi connectivity index (χ4v) is 6.83. The van der Waals surface area contributed by atoms with Gasteiger partial charge in [-0.05, 0) is 105 Å². The van der Waals surface area contributed by atoms with Crippen LogP contribution in [0.2, 0.25) is 0 Å². The fraction of sp³-hybridized carbons (Fsp3) is 0.625. The molecule has 228 valence electrons. The van der Waals surface area contributed by atoms with Crippen LogP contribution in [-0.2, 0) is 6.42 Å². The molecule has 0 N–H and O–H groups in total. The molecule has 0 aliphatic heterocycles. The Morgan fingerprint density at radius 1 is 0.756 bits per heavy atom. The molecule has 0 spiro atoms. The number of halogens is 8. The zero-order valence-electron chi connectivity index (χ0n) is 23.3. The second-order valence-electron chi connectivity index (χ2n) is 11.9. The van der Waals surface area contributed by atoms with Crippen molar-refractivity contribution in [3.63, 3.8) is 0 Å². The minimum absolute atomic E-state index is 0.0160. The van der Waals surface area contributed by atoms with Gasteiger partial charge in [0, 0.05) is 17.9 Å². The normalized spacial score (nSPS) is 23.7. The standard InChI is InChI=1S/C32H38F8O/c1-2-3-4-5-19-6-8-21(9-7-19)23-16-25(33)29(26(34)17-23)22-10-12-24(13-11-22)32(39,40)18-20-14-27(35)30(28(36)15-20)41-31(37)38/h14-17,19,21-22,24,31H,2-13,18H2,1H3. The third-order valence-electron chi connectivity index (χ3n) is 9.07. The van der Waals surface area contributed by atoms with Gasteiger partial charge in [-0.1, -0.05) is 32.6 Å². The second-order valence-corrected chi connectivity index (χ2v) is 11.9. The maximum Gasteiger partial charge on any atom is 0.387 e. The van der Waals surface area contributed by atoms with Crippen molar-refractivity contribution in [2.24, 2.45) is 11.8 Å². The van der Waals surface area contributed by atoms with Crippen molar-refractivity contribution in [2.75, 3.05) is 0 Å². The SMILES string of the molecule is CCCCCC1CCC(c2cc(F)c(C3CCC(C(F)(F)Cc4cc(F)c(OC(F)F)c(F)c4)CC3)c(F)c2)CC1. The highest BCUT2D eigenvalue weighted by molar-refractivity contribution is 5.33. The highest BCUT2D eigenvalue weighted by Crippen LogP contribution is 2.46. The van der Waals surface area contributed by atoms with E-state index in [0.29, 0.717) is 23.6 Å². The summed E-state index contributed by atoms with van der Waals surface area (Å²) in [4.78, 5) is 0. The van der Waals surface area contributed by atoms with E-state index in [2.05, 4.69) is 11.7 Å². The Balaban J connectivity index is 1.35. The predicted octanol–water partition coefficient (Wildman–Crippen LogP) is 10.9. The Morgan fingerprint density at radius 3 is 1.85 bits per heavy atom. The van der Waals surface area contributed by atoms with Crippen LogP contribution in [0.3, 0.4) is 0 Å². The molecule has 0 atom stereocenters. The number of ether oxygens (including phenoxy) is 1. The topological polar surface area (TPSA) is 9.23 Å². The molecule has 2 fully saturated rings. The quantitative estimate of drug-likeness (QED) is 0.187. The zero-order valence-corrected chi connectivity index (χ0v) is 23.3. The van der Waals surface area contributed by atoms with Gasteiger partial charge in [-0.25, -0.2) is 26.3 Å². The Hall–Kier alpha value is -2.32. The third kappa shape index (κ3) is 7.95. The number of hydrogen-bond acceptors (Lipinski definition) is 1. The minimum atomic E-state index is -3.47. The molecule has 2 aromatic rings. The molecule has 0 amide bonds. The van der Waals surface area contributed by atoms with E-state index in [9.17, 15) is 17.6 Å². The van der Waals surface area contributed by atoms with Crippen molar-refractivity contribution >= 4 is 0 Å². The average molecular weight is 591 g/mol. The van der Waals surface area contributed by atoms with E-state index in [-0.39, 0.29) is 37.2 Å². The first-order valence-electron chi connectivity index (χ1n) is 14.8. The minimum Gasteiger partial charge on any atom is -0.429 e. The van der Waals surface area contributed by atoms with Gasteiger partial charge in [-0.3, -0.25) is 0 Å². The van der Waals surface area contributed by atoms with Crippen molar-refractivity contribution in [1.82, 2.24) is 0 Å². The summed E-state index contributed by atoms with van der Waals surface area (Å²) in [5.74, 6) is -9.81. The van der Waals surface area contributed by atoms with Crippen molar-refractivity contribution in [3.05, 3.63) is 64.2 Å². The molecule has 0 saturated heterocycles. The van der Waals surface area contributed by atoms with Crippen molar-refractivity contribution in [1.29, 1.82) is 0 Å². The molecule has 0 radical (unpaired) electrons. The van der Waals surface area contributed by atoms with E-state index in [4.69, 9.17) is 0 Å².